The number of aromatic nitrogens is 1. The van der Waals surface area contributed by atoms with Crippen molar-refractivity contribution >= 4 is 11.6 Å². The molecule has 1 aromatic carbocycles. The number of nitrogens with two attached hydrogens (primary N) is 1. The van der Waals surface area contributed by atoms with Gasteiger partial charge in [-0.2, -0.15) is 0 Å². The van der Waals surface area contributed by atoms with E-state index < -0.39 is 0 Å². The smallest absolute Gasteiger partial charge is 0.124 e. The molecule has 0 aliphatic rings. The van der Waals surface area contributed by atoms with Gasteiger partial charge in [-0.1, -0.05) is 36.7 Å². The largest absolute Gasteiger partial charge is 0.493 e. The second-order valence-corrected chi connectivity index (χ2v) is 4.70. The average Bonchev–Trinajstić information content (AvgIpc) is 2.45. The van der Waals surface area contributed by atoms with E-state index in [0.29, 0.717) is 11.6 Å². The minimum absolute atomic E-state index is 0.315. The van der Waals surface area contributed by atoms with Gasteiger partial charge in [-0.3, -0.25) is 4.98 Å². The van der Waals surface area contributed by atoms with Crippen LogP contribution in [0.25, 0.3) is 0 Å². The lowest BCUT2D eigenvalue weighted by Gasteiger charge is -2.16. The summed E-state index contributed by atoms with van der Waals surface area (Å²) in [5.74, 6) is 0.814. The summed E-state index contributed by atoms with van der Waals surface area (Å²) < 4.78 is 5.72. The Balaban J connectivity index is 2.27. The highest BCUT2D eigenvalue weighted by Crippen LogP contribution is 2.27. The Hall–Kier alpha value is -1.58. The molecule has 0 bridgehead atoms. The number of pyridine rings is 1. The molecule has 0 amide bonds. The number of ether oxygens (including phenoxy) is 1. The average molecular weight is 277 g/mol. The van der Waals surface area contributed by atoms with Crippen molar-refractivity contribution in [2.45, 2.75) is 19.4 Å². The fourth-order valence-electron chi connectivity index (χ4n) is 1.81. The molecule has 19 heavy (non-hydrogen) atoms. The Morgan fingerprint density at radius 1 is 1.26 bits per heavy atom. The van der Waals surface area contributed by atoms with Gasteiger partial charge in [0, 0.05) is 11.8 Å². The van der Waals surface area contributed by atoms with Gasteiger partial charge >= 0.3 is 0 Å². The first kappa shape index (κ1) is 13.8. The Morgan fingerprint density at radius 2 is 2.05 bits per heavy atom. The van der Waals surface area contributed by atoms with E-state index in [1.54, 1.807) is 12.3 Å². The molecule has 4 heteroatoms. The summed E-state index contributed by atoms with van der Waals surface area (Å²) in [6.45, 7) is 2.75. The van der Waals surface area contributed by atoms with Crippen LogP contribution in [0.1, 0.15) is 30.6 Å². The molecule has 1 atom stereocenters. The van der Waals surface area contributed by atoms with Crippen molar-refractivity contribution < 1.29 is 4.74 Å². The number of halogens is 1. The SMILES string of the molecule is CCCOc1ccccc1C(N)c1ccc(Cl)cn1. The van der Waals surface area contributed by atoms with Crippen molar-refractivity contribution in [3.63, 3.8) is 0 Å². The summed E-state index contributed by atoms with van der Waals surface area (Å²) in [5, 5.41) is 0.603. The minimum atomic E-state index is -0.315. The van der Waals surface area contributed by atoms with Crippen LogP contribution >= 0.6 is 11.6 Å². The normalized spacial score (nSPS) is 12.2. The highest BCUT2D eigenvalue weighted by atomic mass is 35.5. The molecule has 1 unspecified atom stereocenters. The first-order valence-electron chi connectivity index (χ1n) is 6.31. The Bertz CT molecular complexity index is 528. The molecule has 2 rings (SSSR count). The number of nitrogens with zero attached hydrogens (tertiary/aromatic N) is 1. The van der Waals surface area contributed by atoms with Crippen LogP contribution in [-0.2, 0) is 0 Å². The molecule has 1 heterocycles. The van der Waals surface area contributed by atoms with Crippen LogP contribution in [0.5, 0.6) is 5.75 Å². The molecule has 0 radical (unpaired) electrons. The summed E-state index contributed by atoms with van der Waals surface area (Å²) in [6, 6.07) is 11.1. The molecule has 0 aliphatic carbocycles. The van der Waals surface area contributed by atoms with Crippen LogP contribution in [0.4, 0.5) is 0 Å². The molecular weight excluding hydrogens is 260 g/mol. The van der Waals surface area contributed by atoms with Crippen LogP contribution in [-0.4, -0.2) is 11.6 Å². The van der Waals surface area contributed by atoms with E-state index in [-0.39, 0.29) is 6.04 Å². The summed E-state index contributed by atoms with van der Waals surface area (Å²) in [5.41, 5.74) is 7.96. The second-order valence-electron chi connectivity index (χ2n) is 4.27. The fourth-order valence-corrected chi connectivity index (χ4v) is 1.92. The first-order valence-corrected chi connectivity index (χ1v) is 6.69. The van der Waals surface area contributed by atoms with Gasteiger partial charge in [0.1, 0.15) is 5.75 Å². The molecule has 2 N–H and O–H groups in total. The topological polar surface area (TPSA) is 48.1 Å². The lowest BCUT2D eigenvalue weighted by atomic mass is 10.0. The van der Waals surface area contributed by atoms with E-state index in [0.717, 1.165) is 23.4 Å². The van der Waals surface area contributed by atoms with Crippen LogP contribution in [0.2, 0.25) is 5.02 Å². The zero-order valence-corrected chi connectivity index (χ0v) is 11.6. The van der Waals surface area contributed by atoms with Gasteiger partial charge in [0.15, 0.2) is 0 Å². The van der Waals surface area contributed by atoms with Crippen LogP contribution < -0.4 is 10.5 Å². The van der Waals surface area contributed by atoms with E-state index in [4.69, 9.17) is 22.1 Å². The van der Waals surface area contributed by atoms with Gasteiger partial charge in [0.25, 0.3) is 0 Å². The Morgan fingerprint density at radius 3 is 2.74 bits per heavy atom. The van der Waals surface area contributed by atoms with E-state index in [1.807, 2.05) is 30.3 Å². The van der Waals surface area contributed by atoms with Crippen LogP contribution in [0, 0.1) is 0 Å². The van der Waals surface area contributed by atoms with Gasteiger partial charge in [0.2, 0.25) is 0 Å². The minimum Gasteiger partial charge on any atom is -0.493 e. The summed E-state index contributed by atoms with van der Waals surface area (Å²) in [4.78, 5) is 4.26. The molecule has 0 saturated heterocycles. The van der Waals surface area contributed by atoms with Gasteiger partial charge < -0.3 is 10.5 Å². The number of rotatable bonds is 5. The molecule has 0 saturated carbocycles. The maximum atomic E-state index is 6.25. The van der Waals surface area contributed by atoms with Gasteiger partial charge in [-0.15, -0.1) is 0 Å². The van der Waals surface area contributed by atoms with Gasteiger partial charge in [0.05, 0.1) is 23.4 Å². The maximum absolute atomic E-state index is 6.25. The standard InChI is InChI=1S/C15H17ClN2O/c1-2-9-19-14-6-4-3-5-12(14)15(17)13-8-7-11(16)10-18-13/h3-8,10,15H,2,9,17H2,1H3. The quantitative estimate of drug-likeness (QED) is 0.908. The van der Waals surface area contributed by atoms with E-state index in [1.165, 1.54) is 0 Å². The van der Waals surface area contributed by atoms with E-state index in [2.05, 4.69) is 11.9 Å². The predicted molar refractivity (Wildman–Crippen MR) is 77.5 cm³/mol. The zero-order valence-electron chi connectivity index (χ0n) is 10.8. The molecule has 0 aliphatic heterocycles. The maximum Gasteiger partial charge on any atom is 0.124 e. The number of hydrogen-bond donors (Lipinski definition) is 1. The third kappa shape index (κ3) is 3.46. The Labute approximate surface area is 118 Å². The summed E-state index contributed by atoms with van der Waals surface area (Å²) >= 11 is 5.83. The molecule has 0 fully saturated rings. The monoisotopic (exact) mass is 276 g/mol. The summed E-state index contributed by atoms with van der Waals surface area (Å²) in [6.07, 6.45) is 2.56. The Kier molecular flexibility index (Phi) is 4.77. The number of hydrogen-bond acceptors (Lipinski definition) is 3. The first-order chi connectivity index (χ1) is 9.22. The van der Waals surface area contributed by atoms with Crippen molar-refractivity contribution in [2.75, 3.05) is 6.61 Å². The number of para-hydroxylation sites is 1. The second kappa shape index (κ2) is 6.55. The number of benzene rings is 1. The van der Waals surface area contributed by atoms with E-state index >= 15 is 0 Å². The zero-order chi connectivity index (χ0) is 13.7. The molecular formula is C15H17ClN2O. The molecule has 1 aromatic heterocycles. The third-order valence-electron chi connectivity index (χ3n) is 2.78. The molecule has 100 valence electrons. The lowest BCUT2D eigenvalue weighted by Crippen LogP contribution is -2.15. The van der Waals surface area contributed by atoms with Crippen molar-refractivity contribution in [3.05, 3.63) is 58.9 Å². The highest BCUT2D eigenvalue weighted by Gasteiger charge is 2.14. The van der Waals surface area contributed by atoms with Gasteiger partial charge in [-0.25, -0.2) is 0 Å². The van der Waals surface area contributed by atoms with Crippen LogP contribution in [0.3, 0.4) is 0 Å². The fraction of sp³-hybridized carbons (Fsp3) is 0.267. The summed E-state index contributed by atoms with van der Waals surface area (Å²) in [7, 11) is 0. The predicted octanol–water partition coefficient (Wildman–Crippen LogP) is 3.57. The molecule has 0 spiro atoms. The third-order valence-corrected chi connectivity index (χ3v) is 3.01. The van der Waals surface area contributed by atoms with Crippen LogP contribution in [0.15, 0.2) is 42.6 Å². The van der Waals surface area contributed by atoms with E-state index in [9.17, 15) is 0 Å². The van der Waals surface area contributed by atoms with Crippen molar-refractivity contribution in [1.82, 2.24) is 4.98 Å². The molecule has 2 aromatic rings. The van der Waals surface area contributed by atoms with Crippen molar-refractivity contribution in [2.24, 2.45) is 5.73 Å². The lowest BCUT2D eigenvalue weighted by molar-refractivity contribution is 0.313. The van der Waals surface area contributed by atoms with Gasteiger partial charge in [-0.05, 0) is 24.6 Å². The van der Waals surface area contributed by atoms with Crippen molar-refractivity contribution in [1.29, 1.82) is 0 Å². The highest BCUT2D eigenvalue weighted by molar-refractivity contribution is 6.30. The molecule has 3 nitrogen and oxygen atoms in total. The van der Waals surface area contributed by atoms with Crippen molar-refractivity contribution in [3.8, 4) is 5.75 Å².